The summed E-state index contributed by atoms with van der Waals surface area (Å²) in [6.45, 7) is 3.16. The minimum absolute atomic E-state index is 0.00861. The third-order valence-corrected chi connectivity index (χ3v) is 5.29. The summed E-state index contributed by atoms with van der Waals surface area (Å²) in [5.74, 6) is -1.64. The van der Waals surface area contributed by atoms with Crippen molar-refractivity contribution in [3.63, 3.8) is 0 Å². The van der Waals surface area contributed by atoms with Gasteiger partial charge in [-0.1, -0.05) is 30.3 Å². The topological polar surface area (TPSA) is 145 Å². The number of nitrogens with two attached hydrogens (primary N) is 1. The second kappa shape index (κ2) is 10.7. The largest absolute Gasteiger partial charge is 0.451 e. The van der Waals surface area contributed by atoms with Crippen molar-refractivity contribution in [1.29, 1.82) is 0 Å². The molecule has 0 bridgehead atoms. The molecule has 2 rings (SSSR count). The van der Waals surface area contributed by atoms with Gasteiger partial charge in [-0.15, -0.1) is 0 Å². The summed E-state index contributed by atoms with van der Waals surface area (Å²) < 4.78 is 27.6. The zero-order valence-electron chi connectivity index (χ0n) is 17.2. The van der Waals surface area contributed by atoms with Gasteiger partial charge < -0.3 is 15.4 Å². The molecule has 0 aliphatic rings. The summed E-state index contributed by atoms with van der Waals surface area (Å²) in [6, 6.07) is 13.5. The number of hydrogen-bond donors (Lipinski definition) is 3. The summed E-state index contributed by atoms with van der Waals surface area (Å²) in [5, 5.41) is 10.2. The smallest absolute Gasteiger partial charge is 0.329 e. The summed E-state index contributed by atoms with van der Waals surface area (Å²) in [6.07, 6.45) is -0.603. The number of benzene rings is 2. The van der Waals surface area contributed by atoms with Crippen molar-refractivity contribution in [3.05, 3.63) is 65.7 Å². The van der Waals surface area contributed by atoms with Gasteiger partial charge in [-0.3, -0.25) is 9.59 Å². The fourth-order valence-electron chi connectivity index (χ4n) is 2.58. The summed E-state index contributed by atoms with van der Waals surface area (Å²) in [4.78, 5) is 36.4. The Morgan fingerprint density at radius 1 is 1.00 bits per heavy atom. The maximum atomic E-state index is 12.2. The van der Waals surface area contributed by atoms with E-state index in [1.165, 1.54) is 26.0 Å². The third kappa shape index (κ3) is 7.50. The Morgan fingerprint density at radius 2 is 1.61 bits per heavy atom. The molecule has 4 N–H and O–H groups in total. The monoisotopic (exact) mass is 447 g/mol. The molecular formula is C21H25N3O6S. The van der Waals surface area contributed by atoms with E-state index in [9.17, 15) is 22.8 Å². The van der Waals surface area contributed by atoms with Gasteiger partial charge in [0.2, 0.25) is 10.0 Å². The third-order valence-electron chi connectivity index (χ3n) is 4.36. The molecule has 0 heterocycles. The van der Waals surface area contributed by atoms with E-state index in [-0.39, 0.29) is 11.4 Å². The number of carbonyl (C=O) groups excluding carboxylic acids is 3. The van der Waals surface area contributed by atoms with Crippen LogP contribution in [0.25, 0.3) is 0 Å². The highest BCUT2D eigenvalue weighted by molar-refractivity contribution is 7.89. The average Bonchev–Trinajstić information content (AvgIpc) is 2.73. The van der Waals surface area contributed by atoms with Gasteiger partial charge in [-0.2, -0.15) is 0 Å². The molecule has 0 radical (unpaired) electrons. The van der Waals surface area contributed by atoms with E-state index in [1.54, 1.807) is 42.5 Å². The molecule has 0 saturated carbocycles. The molecule has 0 aromatic heterocycles. The van der Waals surface area contributed by atoms with Gasteiger partial charge in [0, 0.05) is 12.1 Å². The maximum Gasteiger partial charge on any atom is 0.329 e. The fraction of sp³-hybridized carbons (Fsp3) is 0.286. The highest BCUT2D eigenvalue weighted by Crippen LogP contribution is 2.09. The Kier molecular flexibility index (Phi) is 8.29. The second-order valence-corrected chi connectivity index (χ2v) is 8.43. The molecule has 2 atom stereocenters. The lowest BCUT2D eigenvalue weighted by Gasteiger charge is -2.17. The van der Waals surface area contributed by atoms with Crippen molar-refractivity contribution in [3.8, 4) is 0 Å². The molecule has 0 saturated heterocycles. The molecule has 166 valence electrons. The van der Waals surface area contributed by atoms with Gasteiger partial charge in [0.15, 0.2) is 6.10 Å². The Balaban J connectivity index is 1.77. The first kappa shape index (κ1) is 24.0. The van der Waals surface area contributed by atoms with Crippen molar-refractivity contribution in [2.24, 2.45) is 5.14 Å². The van der Waals surface area contributed by atoms with Gasteiger partial charge in [0.25, 0.3) is 11.8 Å². The van der Waals surface area contributed by atoms with Crippen LogP contribution in [0, 0.1) is 0 Å². The van der Waals surface area contributed by atoms with Crippen LogP contribution in [0.4, 0.5) is 0 Å². The molecule has 0 fully saturated rings. The number of sulfonamides is 1. The Labute approximate surface area is 181 Å². The Hall–Kier alpha value is -3.24. The van der Waals surface area contributed by atoms with Gasteiger partial charge in [-0.25, -0.2) is 18.4 Å². The molecule has 10 heteroatoms. The second-order valence-electron chi connectivity index (χ2n) is 6.87. The highest BCUT2D eigenvalue weighted by Gasteiger charge is 2.23. The van der Waals surface area contributed by atoms with Crippen LogP contribution in [-0.4, -0.2) is 44.9 Å². The standard InChI is InChI=1S/C21H25N3O6S/c1-14(24-20(26)17-6-4-3-5-7-17)21(27)30-15(2)19(25)23-13-12-16-8-10-18(11-9-16)31(22,28)29/h3-11,14-15H,12-13H2,1-2H3,(H,23,25)(H,24,26)(H2,22,28,29)/t14-,15?/m0/s1. The van der Waals surface area contributed by atoms with Crippen LogP contribution in [-0.2, 0) is 30.8 Å². The minimum atomic E-state index is -3.75. The van der Waals surface area contributed by atoms with Crippen LogP contribution in [0.5, 0.6) is 0 Å². The molecule has 9 nitrogen and oxygen atoms in total. The van der Waals surface area contributed by atoms with Crippen LogP contribution in [0.15, 0.2) is 59.5 Å². The lowest BCUT2D eigenvalue weighted by atomic mass is 10.1. The van der Waals surface area contributed by atoms with E-state index in [1.807, 2.05) is 0 Å². The van der Waals surface area contributed by atoms with E-state index < -0.39 is 40.0 Å². The summed E-state index contributed by atoms with van der Waals surface area (Å²) >= 11 is 0. The van der Waals surface area contributed by atoms with Crippen LogP contribution < -0.4 is 15.8 Å². The molecule has 2 amide bonds. The van der Waals surface area contributed by atoms with Crippen molar-refractivity contribution in [2.45, 2.75) is 37.3 Å². The molecule has 0 aliphatic carbocycles. The molecule has 2 aromatic carbocycles. The predicted octanol–water partition coefficient (Wildman–Crippen LogP) is 0.743. The van der Waals surface area contributed by atoms with E-state index in [0.29, 0.717) is 12.0 Å². The Bertz CT molecular complexity index is 1020. The number of rotatable bonds is 9. The van der Waals surface area contributed by atoms with Crippen LogP contribution in [0.1, 0.15) is 29.8 Å². The molecule has 0 aliphatic heterocycles. The number of nitrogens with one attached hydrogen (secondary N) is 2. The van der Waals surface area contributed by atoms with E-state index in [0.717, 1.165) is 5.56 Å². The van der Waals surface area contributed by atoms with Crippen molar-refractivity contribution in [2.75, 3.05) is 6.54 Å². The Morgan fingerprint density at radius 3 is 2.19 bits per heavy atom. The van der Waals surface area contributed by atoms with E-state index in [4.69, 9.17) is 9.88 Å². The predicted molar refractivity (Wildman–Crippen MR) is 113 cm³/mol. The quantitative estimate of drug-likeness (QED) is 0.484. The highest BCUT2D eigenvalue weighted by atomic mass is 32.2. The first-order chi connectivity index (χ1) is 14.6. The van der Waals surface area contributed by atoms with Gasteiger partial charge >= 0.3 is 5.97 Å². The number of hydrogen-bond acceptors (Lipinski definition) is 6. The molecule has 1 unspecified atom stereocenters. The minimum Gasteiger partial charge on any atom is -0.451 e. The van der Waals surface area contributed by atoms with Crippen molar-refractivity contribution in [1.82, 2.24) is 10.6 Å². The van der Waals surface area contributed by atoms with E-state index in [2.05, 4.69) is 10.6 Å². The SMILES string of the molecule is CC(OC(=O)[C@H](C)NC(=O)c1ccccc1)C(=O)NCCc1ccc(S(N)(=O)=O)cc1. The molecule has 31 heavy (non-hydrogen) atoms. The number of amides is 2. The maximum absolute atomic E-state index is 12.2. The molecule has 0 spiro atoms. The normalized spacial score (nSPS) is 13.0. The first-order valence-electron chi connectivity index (χ1n) is 9.54. The van der Waals surface area contributed by atoms with Gasteiger partial charge in [0.05, 0.1) is 4.90 Å². The lowest BCUT2D eigenvalue weighted by molar-refractivity contribution is -0.156. The number of esters is 1. The lowest BCUT2D eigenvalue weighted by Crippen LogP contribution is -2.43. The zero-order valence-corrected chi connectivity index (χ0v) is 18.0. The number of ether oxygens (including phenoxy) is 1. The average molecular weight is 448 g/mol. The van der Waals surface area contributed by atoms with Crippen molar-refractivity contribution < 1.29 is 27.5 Å². The van der Waals surface area contributed by atoms with Crippen LogP contribution >= 0.6 is 0 Å². The summed E-state index contributed by atoms with van der Waals surface area (Å²) in [7, 11) is -3.75. The molecular weight excluding hydrogens is 422 g/mol. The van der Waals surface area contributed by atoms with Gasteiger partial charge in [0.1, 0.15) is 6.04 Å². The van der Waals surface area contributed by atoms with E-state index >= 15 is 0 Å². The number of carbonyl (C=O) groups is 3. The first-order valence-corrected chi connectivity index (χ1v) is 11.1. The summed E-state index contributed by atoms with van der Waals surface area (Å²) in [5.41, 5.74) is 1.21. The van der Waals surface area contributed by atoms with Crippen molar-refractivity contribution >= 4 is 27.8 Å². The zero-order chi connectivity index (χ0) is 23.0. The van der Waals surface area contributed by atoms with Gasteiger partial charge in [-0.05, 0) is 50.1 Å². The molecule has 2 aromatic rings. The fourth-order valence-corrected chi connectivity index (χ4v) is 3.09. The number of primary sulfonamides is 1. The van der Waals surface area contributed by atoms with Crippen LogP contribution in [0.3, 0.4) is 0 Å². The van der Waals surface area contributed by atoms with Crippen LogP contribution in [0.2, 0.25) is 0 Å².